The largest absolute Gasteiger partial charge is 0.505 e. The maximum atomic E-state index is 11.7. The van der Waals surface area contributed by atoms with Crippen LogP contribution in [0.3, 0.4) is 0 Å². The molecule has 0 aromatic heterocycles. The number of carbonyl (C=O) groups excluding carboxylic acids is 1. The van der Waals surface area contributed by atoms with Gasteiger partial charge in [0.1, 0.15) is 5.56 Å². The molecule has 0 amide bonds. The summed E-state index contributed by atoms with van der Waals surface area (Å²) in [5.74, 6) is 0.00695. The number of nitrogen functional groups attached to an aromatic ring is 1. The molecule has 3 N–H and O–H groups in total. The lowest BCUT2D eigenvalue weighted by atomic mass is 9.83. The van der Waals surface area contributed by atoms with Crippen molar-refractivity contribution in [1.29, 1.82) is 0 Å². The quantitative estimate of drug-likeness (QED) is 0.477. The van der Waals surface area contributed by atoms with Gasteiger partial charge in [-0.3, -0.25) is 0 Å². The predicted molar refractivity (Wildman–Crippen MR) is 64.8 cm³/mol. The summed E-state index contributed by atoms with van der Waals surface area (Å²) in [6.45, 7) is 0.414. The molecule has 1 saturated carbocycles. The Kier molecular flexibility index (Phi) is 3.52. The van der Waals surface area contributed by atoms with E-state index >= 15 is 0 Å². The van der Waals surface area contributed by atoms with Crippen LogP contribution in [0.1, 0.15) is 36.0 Å². The molecular formula is C13H17NO3. The third-order valence-electron chi connectivity index (χ3n) is 3.27. The van der Waals surface area contributed by atoms with Crippen molar-refractivity contribution in [3.05, 3.63) is 23.8 Å². The van der Waals surface area contributed by atoms with Crippen molar-refractivity contribution >= 4 is 11.7 Å². The van der Waals surface area contributed by atoms with Crippen molar-refractivity contribution in [1.82, 2.24) is 0 Å². The number of rotatable bonds is 4. The number of ether oxygens (including phenoxy) is 1. The molecular weight excluding hydrogens is 218 g/mol. The van der Waals surface area contributed by atoms with Crippen molar-refractivity contribution < 1.29 is 14.6 Å². The SMILES string of the molecule is Nc1cccc(C(=O)OCCC2CCC2)c1O. The van der Waals surface area contributed by atoms with Crippen LogP contribution in [0, 0.1) is 5.92 Å². The molecule has 0 bridgehead atoms. The van der Waals surface area contributed by atoms with Gasteiger partial charge >= 0.3 is 5.97 Å². The lowest BCUT2D eigenvalue weighted by Crippen LogP contribution is -2.15. The molecule has 1 fully saturated rings. The van der Waals surface area contributed by atoms with Gasteiger partial charge in [0, 0.05) is 0 Å². The summed E-state index contributed by atoms with van der Waals surface area (Å²) in [5, 5.41) is 9.61. The van der Waals surface area contributed by atoms with Crippen molar-refractivity contribution in [2.24, 2.45) is 5.92 Å². The maximum absolute atomic E-state index is 11.7. The summed E-state index contributed by atoms with van der Waals surface area (Å²) < 4.78 is 5.12. The highest BCUT2D eigenvalue weighted by Crippen LogP contribution is 2.29. The van der Waals surface area contributed by atoms with E-state index in [9.17, 15) is 9.90 Å². The summed E-state index contributed by atoms with van der Waals surface area (Å²) in [6.07, 6.45) is 4.67. The normalized spacial score (nSPS) is 15.3. The number of phenols is 1. The standard InChI is InChI=1S/C13H17NO3/c14-11-6-2-5-10(12(11)15)13(16)17-8-7-9-3-1-4-9/h2,5-6,9,15H,1,3-4,7-8,14H2. The summed E-state index contributed by atoms with van der Waals surface area (Å²) in [7, 11) is 0. The van der Waals surface area contributed by atoms with Crippen LogP contribution >= 0.6 is 0 Å². The van der Waals surface area contributed by atoms with E-state index in [2.05, 4.69) is 0 Å². The fraction of sp³-hybridized carbons (Fsp3) is 0.462. The van der Waals surface area contributed by atoms with Crippen molar-refractivity contribution in [3.8, 4) is 5.75 Å². The molecule has 1 aliphatic carbocycles. The van der Waals surface area contributed by atoms with Gasteiger partial charge in [0.25, 0.3) is 0 Å². The lowest BCUT2D eigenvalue weighted by Gasteiger charge is -2.24. The number of benzene rings is 1. The Morgan fingerprint density at radius 3 is 2.88 bits per heavy atom. The molecule has 4 heteroatoms. The van der Waals surface area contributed by atoms with Gasteiger partial charge in [-0.2, -0.15) is 0 Å². The average Bonchev–Trinajstić information content (AvgIpc) is 2.25. The van der Waals surface area contributed by atoms with Gasteiger partial charge in [-0.25, -0.2) is 4.79 Å². The molecule has 0 saturated heterocycles. The van der Waals surface area contributed by atoms with E-state index in [0.29, 0.717) is 12.5 Å². The number of nitrogens with two attached hydrogens (primary N) is 1. The Morgan fingerprint density at radius 2 is 2.24 bits per heavy atom. The van der Waals surface area contributed by atoms with E-state index in [0.717, 1.165) is 6.42 Å². The molecule has 92 valence electrons. The molecule has 0 radical (unpaired) electrons. The number of phenolic OH excluding ortho intramolecular Hbond substituents is 1. The number of hydrogen-bond acceptors (Lipinski definition) is 4. The van der Waals surface area contributed by atoms with Crippen LogP contribution in [0.2, 0.25) is 0 Å². The first kappa shape index (κ1) is 11.8. The van der Waals surface area contributed by atoms with E-state index in [4.69, 9.17) is 10.5 Å². The molecule has 1 aromatic rings. The first-order valence-corrected chi connectivity index (χ1v) is 5.93. The molecule has 17 heavy (non-hydrogen) atoms. The number of anilines is 1. The molecule has 4 nitrogen and oxygen atoms in total. The molecule has 0 spiro atoms. The van der Waals surface area contributed by atoms with Gasteiger partial charge in [-0.15, -0.1) is 0 Å². The molecule has 0 unspecified atom stereocenters. The third kappa shape index (κ3) is 2.70. The smallest absolute Gasteiger partial charge is 0.341 e. The van der Waals surface area contributed by atoms with E-state index in [1.165, 1.54) is 25.3 Å². The first-order chi connectivity index (χ1) is 8.18. The van der Waals surface area contributed by atoms with Gasteiger partial charge in [-0.05, 0) is 24.5 Å². The highest BCUT2D eigenvalue weighted by Gasteiger charge is 2.19. The summed E-state index contributed by atoms with van der Waals surface area (Å²) in [6, 6.07) is 4.68. The van der Waals surface area contributed by atoms with Gasteiger partial charge in [-0.1, -0.05) is 25.3 Å². The number of esters is 1. The zero-order chi connectivity index (χ0) is 12.3. The van der Waals surface area contributed by atoms with Gasteiger partial charge < -0.3 is 15.6 Å². The summed E-state index contributed by atoms with van der Waals surface area (Å²) >= 11 is 0. The van der Waals surface area contributed by atoms with Crippen LogP contribution in [0.15, 0.2) is 18.2 Å². The van der Waals surface area contributed by atoms with Crippen LogP contribution in [0.5, 0.6) is 5.75 Å². The first-order valence-electron chi connectivity index (χ1n) is 5.93. The van der Waals surface area contributed by atoms with E-state index in [1.807, 2.05) is 0 Å². The number of hydrogen-bond donors (Lipinski definition) is 2. The molecule has 1 aromatic carbocycles. The van der Waals surface area contributed by atoms with Crippen LogP contribution < -0.4 is 5.73 Å². The van der Waals surface area contributed by atoms with Gasteiger partial charge in [0.15, 0.2) is 5.75 Å². The van der Waals surface area contributed by atoms with Gasteiger partial charge in [0.2, 0.25) is 0 Å². The zero-order valence-electron chi connectivity index (χ0n) is 9.69. The predicted octanol–water partition coefficient (Wildman–Crippen LogP) is 2.32. The zero-order valence-corrected chi connectivity index (χ0v) is 9.69. The summed E-state index contributed by atoms with van der Waals surface area (Å²) in [4.78, 5) is 11.7. The Bertz CT molecular complexity index is 413. The average molecular weight is 235 g/mol. The molecule has 0 aliphatic heterocycles. The van der Waals surface area contributed by atoms with Crippen molar-refractivity contribution in [2.45, 2.75) is 25.7 Å². The summed E-state index contributed by atoms with van der Waals surface area (Å²) in [5.41, 5.74) is 5.84. The minimum atomic E-state index is -0.505. The van der Waals surface area contributed by atoms with Crippen LogP contribution in [0.25, 0.3) is 0 Å². The van der Waals surface area contributed by atoms with E-state index < -0.39 is 5.97 Å². The van der Waals surface area contributed by atoms with E-state index in [1.54, 1.807) is 12.1 Å². The molecule has 0 heterocycles. The lowest BCUT2D eigenvalue weighted by molar-refractivity contribution is 0.0461. The van der Waals surface area contributed by atoms with Gasteiger partial charge in [0.05, 0.1) is 12.3 Å². The number of para-hydroxylation sites is 1. The number of aromatic hydroxyl groups is 1. The second-order valence-corrected chi connectivity index (χ2v) is 4.46. The van der Waals surface area contributed by atoms with Crippen molar-refractivity contribution in [2.75, 3.05) is 12.3 Å². The minimum Gasteiger partial charge on any atom is -0.505 e. The highest BCUT2D eigenvalue weighted by molar-refractivity contribution is 5.94. The molecule has 0 atom stereocenters. The molecule has 2 rings (SSSR count). The number of carbonyl (C=O) groups is 1. The maximum Gasteiger partial charge on any atom is 0.341 e. The minimum absolute atomic E-state index is 0.138. The Labute approximate surface area is 100 Å². The Hall–Kier alpha value is -1.71. The van der Waals surface area contributed by atoms with Crippen LogP contribution in [0.4, 0.5) is 5.69 Å². The Balaban J connectivity index is 1.87. The molecule has 1 aliphatic rings. The second-order valence-electron chi connectivity index (χ2n) is 4.46. The fourth-order valence-electron chi connectivity index (χ4n) is 1.90. The Morgan fingerprint density at radius 1 is 1.47 bits per heavy atom. The fourth-order valence-corrected chi connectivity index (χ4v) is 1.90. The van der Waals surface area contributed by atoms with Crippen LogP contribution in [-0.4, -0.2) is 17.7 Å². The monoisotopic (exact) mass is 235 g/mol. The van der Waals surface area contributed by atoms with Crippen LogP contribution in [-0.2, 0) is 4.74 Å². The topological polar surface area (TPSA) is 72.6 Å². The third-order valence-corrected chi connectivity index (χ3v) is 3.27. The second kappa shape index (κ2) is 5.08. The van der Waals surface area contributed by atoms with Crippen molar-refractivity contribution in [3.63, 3.8) is 0 Å². The van der Waals surface area contributed by atoms with E-state index in [-0.39, 0.29) is 17.0 Å². The highest BCUT2D eigenvalue weighted by atomic mass is 16.5.